The predicted molar refractivity (Wildman–Crippen MR) is 236 cm³/mol. The van der Waals surface area contributed by atoms with Gasteiger partial charge in [-0.05, 0) is 140 Å². The Kier molecular flexibility index (Phi) is 11.7. The number of carboxylic acids is 1. The summed E-state index contributed by atoms with van der Waals surface area (Å²) < 4.78 is 15.3. The number of benzene rings is 1. The van der Waals surface area contributed by atoms with Crippen molar-refractivity contribution in [3.63, 3.8) is 0 Å². The summed E-state index contributed by atoms with van der Waals surface area (Å²) in [6.07, 6.45) is 4.15. The second-order valence-corrected chi connectivity index (χ2v) is 22.9. The number of Topliss-reactive ketones (excluding diaryl/α,β-unsaturated/α-hetero) is 1. The van der Waals surface area contributed by atoms with Crippen molar-refractivity contribution in [1.82, 2.24) is 10.6 Å². The lowest BCUT2D eigenvalue weighted by atomic mass is 9.33. The van der Waals surface area contributed by atoms with E-state index in [0.717, 1.165) is 56.1 Å². The van der Waals surface area contributed by atoms with Gasteiger partial charge in [-0.1, -0.05) is 79.5 Å². The Hall–Kier alpha value is -3.28. The number of carboxylic acid groups (broad SMARTS) is 1. The number of aliphatic hydroxyl groups excluding tert-OH is 2. The standard InChI is InChI=1S/C50H71ClN2O9/c1-26(2)38-33(55)24-50(36(56)25-52-42(58)40(27(3)54)53-41(57)28-11-13-29(51)14-12-28)22-21-48(9)30(39(38)50)15-16-35-47(8)19-18-37(46(6,7)34(47)17-20-49(35,48)10)62-44(61)32-23-31(43(59)60)45(32,4)5/h11-14,26-27,30-32,34-37,40,54,56H,15-25H2,1-10H3,(H,52,58)(H,53,57)(H,59,60)/t27?,30-,31+,32-,34+,35-,36+,37+,40?,47+,48-,49-,50+/m1/s1/i40D. The van der Waals surface area contributed by atoms with Crippen LogP contribution in [0, 0.1) is 68.0 Å². The second-order valence-electron chi connectivity index (χ2n) is 22.4. The molecular formula is C50H71ClN2O9. The summed E-state index contributed by atoms with van der Waals surface area (Å²) in [7, 11) is 0. The van der Waals surface area contributed by atoms with E-state index in [2.05, 4.69) is 45.3 Å². The highest BCUT2D eigenvalue weighted by molar-refractivity contribution is 6.30. The Morgan fingerprint density at radius 2 is 1.52 bits per heavy atom. The van der Waals surface area contributed by atoms with Crippen molar-refractivity contribution in [3.05, 3.63) is 46.0 Å². The molecule has 62 heavy (non-hydrogen) atoms. The quantitative estimate of drug-likeness (QED) is 0.138. The van der Waals surface area contributed by atoms with Gasteiger partial charge in [-0.3, -0.25) is 24.0 Å². The molecule has 0 bridgehead atoms. The molecule has 12 heteroatoms. The smallest absolute Gasteiger partial charge is 0.309 e. The summed E-state index contributed by atoms with van der Waals surface area (Å²) in [6.45, 7) is 20.6. The molecule has 0 saturated heterocycles. The average Bonchev–Trinajstić information content (AvgIpc) is 3.50. The van der Waals surface area contributed by atoms with Gasteiger partial charge in [0.05, 0.1) is 25.4 Å². The lowest BCUT2D eigenvalue weighted by Gasteiger charge is -2.72. The summed E-state index contributed by atoms with van der Waals surface area (Å²) in [5, 5.41) is 38.1. The third-order valence-electron chi connectivity index (χ3n) is 18.6. The van der Waals surface area contributed by atoms with Gasteiger partial charge in [0.2, 0.25) is 5.91 Å². The van der Waals surface area contributed by atoms with Gasteiger partial charge in [0.25, 0.3) is 5.91 Å². The van der Waals surface area contributed by atoms with E-state index in [1.54, 1.807) is 0 Å². The number of esters is 1. The van der Waals surface area contributed by atoms with Gasteiger partial charge >= 0.3 is 11.9 Å². The third-order valence-corrected chi connectivity index (χ3v) is 18.9. The number of hydrogen-bond acceptors (Lipinski definition) is 8. The van der Waals surface area contributed by atoms with E-state index in [-0.39, 0.29) is 69.9 Å². The van der Waals surface area contributed by atoms with Gasteiger partial charge in [0.15, 0.2) is 5.78 Å². The SMILES string of the molecule is [2H]C(NC(=O)c1ccc(Cl)cc1)(C(=O)NC[C@H](O)[C@@]12CC[C@]3(C)[C@H](CC[C@@H]4[C@@]5(C)CC[C@H](OC(=O)[C@H]6C[C@@H](C(=O)O)C6(C)C)C(C)(C)[C@@H]5CC[C@]43C)C1=C(C(C)C)C(=O)C2)C(C)O. The molecule has 2 amide bonds. The van der Waals surface area contributed by atoms with Crippen molar-refractivity contribution in [1.29, 1.82) is 0 Å². The predicted octanol–water partition coefficient (Wildman–Crippen LogP) is 7.94. The topological polar surface area (TPSA) is 179 Å². The summed E-state index contributed by atoms with van der Waals surface area (Å²) in [5.74, 6) is -3.19. The molecule has 1 aromatic rings. The van der Waals surface area contributed by atoms with Gasteiger partial charge in [0.1, 0.15) is 12.1 Å². The fourth-order valence-electron chi connectivity index (χ4n) is 14.9. The zero-order valence-corrected chi connectivity index (χ0v) is 39.2. The summed E-state index contributed by atoms with van der Waals surface area (Å²) in [5.41, 5.74) is -0.216. The van der Waals surface area contributed by atoms with Gasteiger partial charge < -0.3 is 30.7 Å². The molecule has 5 fully saturated rings. The molecule has 0 radical (unpaired) electrons. The van der Waals surface area contributed by atoms with Crippen LogP contribution < -0.4 is 10.6 Å². The molecule has 5 N–H and O–H groups in total. The lowest BCUT2D eigenvalue weighted by Crippen LogP contribution is -2.66. The van der Waals surface area contributed by atoms with Gasteiger partial charge in [0, 0.05) is 34.4 Å². The number of hydrogen-bond donors (Lipinski definition) is 5. The van der Waals surface area contributed by atoms with Crippen LogP contribution in [0.3, 0.4) is 0 Å². The molecule has 0 aliphatic heterocycles. The Morgan fingerprint density at radius 1 is 0.855 bits per heavy atom. The molecule has 1 aromatic carbocycles. The van der Waals surface area contributed by atoms with E-state index >= 15 is 0 Å². The molecule has 13 atom stereocenters. The normalized spacial score (nSPS) is 39.0. The van der Waals surface area contributed by atoms with Crippen LogP contribution in [-0.2, 0) is 23.9 Å². The Morgan fingerprint density at radius 3 is 2.11 bits per heavy atom. The number of ether oxygens (including phenoxy) is 1. The van der Waals surface area contributed by atoms with Crippen molar-refractivity contribution in [2.24, 2.45) is 68.0 Å². The van der Waals surface area contributed by atoms with Crippen LogP contribution in [0.1, 0.15) is 145 Å². The number of fused-ring (bicyclic) bond motifs is 7. The van der Waals surface area contributed by atoms with E-state index in [1.807, 2.05) is 27.7 Å². The minimum absolute atomic E-state index is 0.0269. The molecular weight excluding hydrogens is 808 g/mol. The molecule has 0 aromatic heterocycles. The first-order valence-electron chi connectivity index (χ1n) is 23.6. The molecule has 0 spiro atoms. The largest absolute Gasteiger partial charge is 0.481 e. The van der Waals surface area contributed by atoms with Crippen LogP contribution >= 0.6 is 11.6 Å². The summed E-state index contributed by atoms with van der Waals surface area (Å²) in [6, 6.07) is 3.47. The molecule has 342 valence electrons. The maximum Gasteiger partial charge on any atom is 0.309 e. The minimum atomic E-state index is -2.47. The third kappa shape index (κ3) is 7.08. The van der Waals surface area contributed by atoms with Crippen LogP contribution in [0.15, 0.2) is 35.4 Å². The number of aliphatic carboxylic acids is 1. The fourth-order valence-corrected chi connectivity index (χ4v) is 15.0. The number of nitrogens with one attached hydrogen (secondary N) is 2. The van der Waals surface area contributed by atoms with Gasteiger partial charge in [-0.15, -0.1) is 0 Å². The maximum atomic E-state index is 14.2. The Balaban J connectivity index is 1.11. The first-order valence-corrected chi connectivity index (χ1v) is 23.4. The van der Waals surface area contributed by atoms with Gasteiger partial charge in [-0.25, -0.2) is 0 Å². The van der Waals surface area contributed by atoms with E-state index in [0.29, 0.717) is 29.7 Å². The van der Waals surface area contributed by atoms with Crippen molar-refractivity contribution in [2.75, 3.05) is 6.54 Å². The van der Waals surface area contributed by atoms with Crippen molar-refractivity contribution >= 4 is 41.1 Å². The highest BCUT2D eigenvalue weighted by Crippen LogP contribution is 2.77. The number of allylic oxidation sites excluding steroid dienone is 1. The number of rotatable bonds is 11. The Labute approximate surface area is 374 Å². The number of halogens is 1. The Bertz CT molecular complexity index is 2090. The van der Waals surface area contributed by atoms with Crippen molar-refractivity contribution in [2.45, 2.75) is 158 Å². The van der Waals surface area contributed by atoms with Crippen LogP contribution in [0.2, 0.25) is 5.02 Å². The monoisotopic (exact) mass is 879 g/mol. The first-order chi connectivity index (χ1) is 29.1. The molecule has 6 aliphatic carbocycles. The zero-order chi connectivity index (χ0) is 46.6. The van der Waals surface area contributed by atoms with Crippen LogP contribution in [0.5, 0.6) is 0 Å². The van der Waals surface area contributed by atoms with Crippen LogP contribution in [-0.4, -0.2) is 75.7 Å². The van der Waals surface area contributed by atoms with E-state index in [9.17, 15) is 39.3 Å². The lowest BCUT2D eigenvalue weighted by molar-refractivity contribution is -0.238. The fraction of sp³-hybridized carbons (Fsp3) is 0.740. The highest BCUT2D eigenvalue weighted by atomic mass is 35.5. The number of carbonyl (C=O) groups excluding carboxylic acids is 4. The number of aliphatic hydroxyl groups is 2. The van der Waals surface area contributed by atoms with Crippen molar-refractivity contribution < 1.29 is 45.4 Å². The zero-order valence-electron chi connectivity index (χ0n) is 39.5. The second kappa shape index (κ2) is 16.0. The molecule has 7 rings (SSSR count). The molecule has 2 unspecified atom stereocenters. The van der Waals surface area contributed by atoms with Crippen LogP contribution in [0.4, 0.5) is 0 Å². The number of carbonyl (C=O) groups is 5. The molecule has 0 heterocycles. The first kappa shape index (κ1) is 45.3. The molecule has 11 nitrogen and oxygen atoms in total. The minimum Gasteiger partial charge on any atom is -0.481 e. The maximum absolute atomic E-state index is 14.2. The van der Waals surface area contributed by atoms with E-state index in [1.165, 1.54) is 31.2 Å². The van der Waals surface area contributed by atoms with Crippen LogP contribution in [0.25, 0.3) is 0 Å². The summed E-state index contributed by atoms with van der Waals surface area (Å²) >= 11 is 5.98. The van der Waals surface area contributed by atoms with E-state index < -0.39 is 58.7 Å². The van der Waals surface area contributed by atoms with Gasteiger partial charge in [-0.2, -0.15) is 0 Å². The summed E-state index contributed by atoms with van der Waals surface area (Å²) in [4.78, 5) is 66.6. The molecule has 5 saturated carbocycles. The highest BCUT2D eigenvalue weighted by Gasteiger charge is 2.71. The number of amides is 2. The molecule has 6 aliphatic rings. The van der Waals surface area contributed by atoms with Crippen molar-refractivity contribution in [3.8, 4) is 0 Å². The van der Waals surface area contributed by atoms with E-state index in [4.69, 9.17) is 17.7 Å². The average molecular weight is 881 g/mol. The number of ketones is 1.